The molecule has 0 fully saturated rings. The van der Waals surface area contributed by atoms with Gasteiger partial charge < -0.3 is 4.74 Å². The van der Waals surface area contributed by atoms with Crippen LogP contribution in [0.3, 0.4) is 0 Å². The van der Waals surface area contributed by atoms with Crippen LogP contribution in [0.2, 0.25) is 10.0 Å². The van der Waals surface area contributed by atoms with E-state index in [4.69, 9.17) is 27.9 Å². The van der Waals surface area contributed by atoms with Crippen LogP contribution in [0.4, 0.5) is 0 Å². The lowest BCUT2D eigenvalue weighted by Gasteiger charge is -2.09. The molecule has 0 amide bonds. The second-order valence-corrected chi connectivity index (χ2v) is 4.83. The van der Waals surface area contributed by atoms with E-state index in [1.807, 2.05) is 30.3 Å². The largest absolute Gasteiger partial charge is 0.454 e. The van der Waals surface area contributed by atoms with Gasteiger partial charge in [0.1, 0.15) is 5.75 Å². The van der Waals surface area contributed by atoms with E-state index in [9.17, 15) is 0 Å². The van der Waals surface area contributed by atoms with E-state index in [2.05, 4.69) is 4.98 Å². The van der Waals surface area contributed by atoms with Crippen molar-refractivity contribution in [3.8, 4) is 11.5 Å². The Morgan fingerprint density at radius 3 is 2.47 bits per heavy atom. The van der Waals surface area contributed by atoms with Gasteiger partial charge in [-0.25, -0.2) is 0 Å². The highest BCUT2D eigenvalue weighted by atomic mass is 35.5. The molecule has 0 bridgehead atoms. The van der Waals surface area contributed by atoms with Crippen molar-refractivity contribution in [1.82, 2.24) is 4.98 Å². The summed E-state index contributed by atoms with van der Waals surface area (Å²) >= 11 is 12.2. The maximum absolute atomic E-state index is 6.08. The normalized spacial score (nSPS) is 10.6. The molecule has 2 nitrogen and oxygen atoms in total. The van der Waals surface area contributed by atoms with Crippen LogP contribution in [0.5, 0.6) is 11.5 Å². The van der Waals surface area contributed by atoms with Crippen LogP contribution in [0.25, 0.3) is 10.9 Å². The van der Waals surface area contributed by atoms with Crippen molar-refractivity contribution in [2.24, 2.45) is 0 Å². The maximum atomic E-state index is 6.08. The summed E-state index contributed by atoms with van der Waals surface area (Å²) in [7, 11) is 0. The highest BCUT2D eigenvalue weighted by Crippen LogP contribution is 2.36. The summed E-state index contributed by atoms with van der Waals surface area (Å²) in [6, 6.07) is 14.8. The predicted molar refractivity (Wildman–Crippen MR) is 78.3 cm³/mol. The van der Waals surface area contributed by atoms with Gasteiger partial charge in [-0.1, -0.05) is 35.3 Å². The Balaban J connectivity index is 2.01. The van der Waals surface area contributed by atoms with Crippen LogP contribution in [0, 0.1) is 0 Å². The maximum Gasteiger partial charge on any atom is 0.164 e. The van der Waals surface area contributed by atoms with E-state index in [-0.39, 0.29) is 0 Å². The van der Waals surface area contributed by atoms with E-state index in [1.165, 1.54) is 0 Å². The zero-order chi connectivity index (χ0) is 13.2. The number of nitrogens with zero attached hydrogens (tertiary/aromatic N) is 1. The number of aromatic nitrogens is 1. The van der Waals surface area contributed by atoms with E-state index in [0.29, 0.717) is 21.5 Å². The molecule has 0 unspecified atom stereocenters. The highest BCUT2D eigenvalue weighted by molar-refractivity contribution is 6.37. The van der Waals surface area contributed by atoms with Crippen LogP contribution in [0.1, 0.15) is 0 Å². The molecule has 1 heterocycles. The average Bonchev–Trinajstić information content (AvgIpc) is 2.43. The first-order chi connectivity index (χ1) is 9.24. The van der Waals surface area contributed by atoms with E-state index >= 15 is 0 Å². The minimum atomic E-state index is 0.467. The SMILES string of the molecule is Clc1cccc(Cl)c1Oc1ccc2ncccc2c1. The number of hydrogen-bond donors (Lipinski definition) is 0. The van der Waals surface area contributed by atoms with Gasteiger partial charge in [-0.2, -0.15) is 0 Å². The van der Waals surface area contributed by atoms with Gasteiger partial charge in [0.15, 0.2) is 5.75 Å². The van der Waals surface area contributed by atoms with E-state index in [1.54, 1.807) is 24.4 Å². The first kappa shape index (κ1) is 12.3. The Morgan fingerprint density at radius 1 is 0.895 bits per heavy atom. The number of fused-ring (bicyclic) bond motifs is 1. The number of benzene rings is 2. The Kier molecular flexibility index (Phi) is 3.28. The zero-order valence-corrected chi connectivity index (χ0v) is 11.3. The third-order valence-corrected chi connectivity index (χ3v) is 3.31. The lowest BCUT2D eigenvalue weighted by atomic mass is 10.2. The Hall–Kier alpha value is -1.77. The molecular weight excluding hydrogens is 281 g/mol. The Labute approximate surface area is 120 Å². The molecule has 0 aliphatic carbocycles. The van der Waals surface area contributed by atoms with Crippen molar-refractivity contribution < 1.29 is 4.74 Å². The fraction of sp³-hybridized carbons (Fsp3) is 0. The van der Waals surface area contributed by atoms with Gasteiger partial charge in [0, 0.05) is 11.6 Å². The second-order valence-electron chi connectivity index (χ2n) is 4.01. The second kappa shape index (κ2) is 5.08. The average molecular weight is 290 g/mol. The van der Waals surface area contributed by atoms with Gasteiger partial charge in [-0.15, -0.1) is 0 Å². The quantitative estimate of drug-likeness (QED) is 0.636. The molecule has 0 aliphatic heterocycles. The molecule has 94 valence electrons. The van der Waals surface area contributed by atoms with E-state index < -0.39 is 0 Å². The molecular formula is C15H9Cl2NO. The van der Waals surface area contributed by atoms with Crippen molar-refractivity contribution in [3.05, 3.63) is 64.8 Å². The molecule has 3 rings (SSSR count). The van der Waals surface area contributed by atoms with Crippen LogP contribution in [-0.4, -0.2) is 4.98 Å². The Morgan fingerprint density at radius 2 is 1.68 bits per heavy atom. The van der Waals surface area contributed by atoms with Gasteiger partial charge in [-0.05, 0) is 36.4 Å². The molecule has 0 N–H and O–H groups in total. The van der Waals surface area contributed by atoms with Crippen molar-refractivity contribution in [3.63, 3.8) is 0 Å². The van der Waals surface area contributed by atoms with Crippen molar-refractivity contribution in [2.45, 2.75) is 0 Å². The smallest absolute Gasteiger partial charge is 0.164 e. The number of pyridine rings is 1. The molecule has 0 spiro atoms. The van der Waals surface area contributed by atoms with Gasteiger partial charge in [0.2, 0.25) is 0 Å². The molecule has 4 heteroatoms. The predicted octanol–water partition coefficient (Wildman–Crippen LogP) is 5.33. The van der Waals surface area contributed by atoms with Gasteiger partial charge in [0.05, 0.1) is 15.6 Å². The molecule has 19 heavy (non-hydrogen) atoms. The topological polar surface area (TPSA) is 22.1 Å². The number of ether oxygens (including phenoxy) is 1. The standard InChI is InChI=1S/C15H9Cl2NO/c16-12-4-1-5-13(17)15(12)19-11-6-7-14-10(9-11)3-2-8-18-14/h1-9H. The molecule has 2 aromatic carbocycles. The zero-order valence-electron chi connectivity index (χ0n) is 9.81. The molecule has 3 aromatic rings. The van der Waals surface area contributed by atoms with Gasteiger partial charge in [0.25, 0.3) is 0 Å². The minimum Gasteiger partial charge on any atom is -0.454 e. The molecule has 0 saturated heterocycles. The number of hydrogen-bond acceptors (Lipinski definition) is 2. The number of para-hydroxylation sites is 1. The summed E-state index contributed by atoms with van der Waals surface area (Å²) in [5.41, 5.74) is 0.917. The first-order valence-corrected chi connectivity index (χ1v) is 6.46. The number of halogens is 2. The fourth-order valence-corrected chi connectivity index (χ4v) is 2.29. The Bertz CT molecular complexity index is 723. The third-order valence-electron chi connectivity index (χ3n) is 2.71. The molecule has 0 atom stereocenters. The summed E-state index contributed by atoms with van der Waals surface area (Å²) in [5.74, 6) is 1.14. The van der Waals surface area contributed by atoms with Crippen LogP contribution >= 0.6 is 23.2 Å². The summed E-state index contributed by atoms with van der Waals surface area (Å²) in [6.07, 6.45) is 1.76. The molecule has 1 aromatic heterocycles. The highest BCUT2D eigenvalue weighted by Gasteiger charge is 2.08. The van der Waals surface area contributed by atoms with Gasteiger partial charge >= 0.3 is 0 Å². The third kappa shape index (κ3) is 2.50. The first-order valence-electron chi connectivity index (χ1n) is 5.71. The fourth-order valence-electron chi connectivity index (χ4n) is 1.82. The molecule has 0 radical (unpaired) electrons. The van der Waals surface area contributed by atoms with E-state index in [0.717, 1.165) is 10.9 Å². The summed E-state index contributed by atoms with van der Waals surface area (Å²) < 4.78 is 5.76. The van der Waals surface area contributed by atoms with Crippen LogP contribution in [-0.2, 0) is 0 Å². The minimum absolute atomic E-state index is 0.467. The van der Waals surface area contributed by atoms with Crippen molar-refractivity contribution in [2.75, 3.05) is 0 Å². The van der Waals surface area contributed by atoms with Crippen LogP contribution in [0.15, 0.2) is 54.7 Å². The molecule has 0 saturated carbocycles. The van der Waals surface area contributed by atoms with Gasteiger partial charge in [-0.3, -0.25) is 4.98 Å². The van der Waals surface area contributed by atoms with Crippen molar-refractivity contribution >= 4 is 34.1 Å². The lowest BCUT2D eigenvalue weighted by Crippen LogP contribution is -1.87. The van der Waals surface area contributed by atoms with Crippen molar-refractivity contribution in [1.29, 1.82) is 0 Å². The van der Waals surface area contributed by atoms with Crippen LogP contribution < -0.4 is 4.74 Å². The summed E-state index contributed by atoms with van der Waals surface area (Å²) in [6.45, 7) is 0. The number of rotatable bonds is 2. The summed E-state index contributed by atoms with van der Waals surface area (Å²) in [5, 5.41) is 1.97. The lowest BCUT2D eigenvalue weighted by molar-refractivity contribution is 0.484. The summed E-state index contributed by atoms with van der Waals surface area (Å²) in [4.78, 5) is 4.26. The monoisotopic (exact) mass is 289 g/mol. The molecule has 0 aliphatic rings.